The van der Waals surface area contributed by atoms with Crippen molar-refractivity contribution in [2.45, 2.75) is 13.5 Å². The first kappa shape index (κ1) is 13.1. The molecule has 0 aliphatic rings. The van der Waals surface area contributed by atoms with Gasteiger partial charge in [0.25, 0.3) is 0 Å². The van der Waals surface area contributed by atoms with Gasteiger partial charge in [0.15, 0.2) is 0 Å². The molecule has 1 rings (SSSR count). The summed E-state index contributed by atoms with van der Waals surface area (Å²) in [5, 5.41) is 14.2. The number of hydrogen-bond donors (Lipinski definition) is 3. The van der Waals surface area contributed by atoms with Gasteiger partial charge in [-0.1, -0.05) is 13.0 Å². The minimum Gasteiger partial charge on any atom is -0.477 e. The fourth-order valence-electron chi connectivity index (χ4n) is 1.16. The van der Waals surface area contributed by atoms with E-state index in [4.69, 9.17) is 5.11 Å². The van der Waals surface area contributed by atoms with Gasteiger partial charge in [-0.15, -0.1) is 0 Å². The maximum Gasteiger partial charge on any atom is 0.354 e. The van der Waals surface area contributed by atoms with E-state index in [-0.39, 0.29) is 18.1 Å². The van der Waals surface area contributed by atoms with Crippen molar-refractivity contribution in [1.82, 2.24) is 15.6 Å². The van der Waals surface area contributed by atoms with Crippen molar-refractivity contribution in [3.63, 3.8) is 0 Å². The molecule has 0 saturated heterocycles. The molecular formula is C11H15N3O3. The number of hydrogen-bond acceptors (Lipinski definition) is 4. The van der Waals surface area contributed by atoms with Gasteiger partial charge in [0.2, 0.25) is 5.91 Å². The maximum absolute atomic E-state index is 11.3. The van der Waals surface area contributed by atoms with Gasteiger partial charge < -0.3 is 15.7 Å². The lowest BCUT2D eigenvalue weighted by atomic mass is 10.2. The van der Waals surface area contributed by atoms with Crippen molar-refractivity contribution >= 4 is 11.9 Å². The Bertz CT molecular complexity index is 389. The number of rotatable bonds is 6. The van der Waals surface area contributed by atoms with E-state index in [1.807, 2.05) is 6.92 Å². The molecule has 0 radical (unpaired) electrons. The number of carbonyl (C=O) groups is 2. The van der Waals surface area contributed by atoms with Gasteiger partial charge >= 0.3 is 5.97 Å². The third-order valence-corrected chi connectivity index (χ3v) is 2.07. The number of carboxylic acids is 1. The van der Waals surface area contributed by atoms with Crippen LogP contribution in [0.2, 0.25) is 0 Å². The van der Waals surface area contributed by atoms with Gasteiger partial charge in [0, 0.05) is 12.7 Å². The summed E-state index contributed by atoms with van der Waals surface area (Å²) in [5.74, 6) is -1.16. The van der Waals surface area contributed by atoms with E-state index in [2.05, 4.69) is 15.6 Å². The zero-order valence-corrected chi connectivity index (χ0v) is 9.56. The summed E-state index contributed by atoms with van der Waals surface area (Å²) in [6.45, 7) is 3.28. The van der Waals surface area contributed by atoms with Crippen LogP contribution in [0.1, 0.15) is 23.0 Å². The van der Waals surface area contributed by atoms with Crippen molar-refractivity contribution in [2.75, 3.05) is 13.1 Å². The zero-order chi connectivity index (χ0) is 12.7. The molecule has 1 heterocycles. The summed E-state index contributed by atoms with van der Waals surface area (Å²) in [6, 6.07) is 3.04. The Balaban J connectivity index is 2.42. The van der Waals surface area contributed by atoms with Crippen molar-refractivity contribution in [2.24, 2.45) is 0 Å². The minimum atomic E-state index is -1.06. The summed E-state index contributed by atoms with van der Waals surface area (Å²) in [7, 11) is 0. The molecule has 92 valence electrons. The molecule has 17 heavy (non-hydrogen) atoms. The number of likely N-dealkylation sites (N-methyl/N-ethyl adjacent to an activating group) is 1. The van der Waals surface area contributed by atoms with Gasteiger partial charge in [0.1, 0.15) is 5.69 Å². The van der Waals surface area contributed by atoms with E-state index >= 15 is 0 Å². The summed E-state index contributed by atoms with van der Waals surface area (Å²) < 4.78 is 0. The van der Waals surface area contributed by atoms with Gasteiger partial charge in [0.05, 0.1) is 6.54 Å². The molecule has 0 unspecified atom stereocenters. The molecule has 0 spiro atoms. The van der Waals surface area contributed by atoms with Crippen LogP contribution in [-0.2, 0) is 11.3 Å². The topological polar surface area (TPSA) is 91.3 Å². The molecule has 0 saturated carbocycles. The SMILES string of the molecule is CCNCC(=O)NCc1ccc(C(=O)O)nc1. The van der Waals surface area contributed by atoms with Crippen molar-refractivity contribution in [1.29, 1.82) is 0 Å². The quantitative estimate of drug-likeness (QED) is 0.648. The number of aromatic carboxylic acids is 1. The lowest BCUT2D eigenvalue weighted by Gasteiger charge is -2.05. The van der Waals surface area contributed by atoms with Crippen LogP contribution in [0.3, 0.4) is 0 Å². The third kappa shape index (κ3) is 4.60. The third-order valence-electron chi connectivity index (χ3n) is 2.07. The average Bonchev–Trinajstić information content (AvgIpc) is 2.34. The fourth-order valence-corrected chi connectivity index (χ4v) is 1.16. The molecule has 0 fully saturated rings. The Morgan fingerprint density at radius 1 is 1.41 bits per heavy atom. The smallest absolute Gasteiger partial charge is 0.354 e. The van der Waals surface area contributed by atoms with Gasteiger partial charge in [-0.05, 0) is 18.2 Å². The number of nitrogens with zero attached hydrogens (tertiary/aromatic N) is 1. The Morgan fingerprint density at radius 3 is 2.71 bits per heavy atom. The molecule has 0 bridgehead atoms. The number of nitrogens with one attached hydrogen (secondary N) is 2. The zero-order valence-electron chi connectivity index (χ0n) is 9.56. The maximum atomic E-state index is 11.3. The second-order valence-corrected chi connectivity index (χ2v) is 3.41. The van der Waals surface area contributed by atoms with Crippen molar-refractivity contribution < 1.29 is 14.7 Å². The standard InChI is InChI=1S/C11H15N3O3/c1-2-12-7-10(15)14-6-8-3-4-9(11(16)17)13-5-8/h3-5,12H,2,6-7H2,1H3,(H,14,15)(H,16,17). The minimum absolute atomic E-state index is 0.00674. The number of carboxylic acid groups (broad SMARTS) is 1. The van der Waals surface area contributed by atoms with Crippen LogP contribution in [0.15, 0.2) is 18.3 Å². The fraction of sp³-hybridized carbons (Fsp3) is 0.364. The van der Waals surface area contributed by atoms with E-state index in [9.17, 15) is 9.59 Å². The molecule has 6 heteroatoms. The van der Waals surface area contributed by atoms with Crippen LogP contribution in [0.25, 0.3) is 0 Å². The van der Waals surface area contributed by atoms with Crippen LogP contribution in [0, 0.1) is 0 Å². The van der Waals surface area contributed by atoms with E-state index in [1.165, 1.54) is 12.3 Å². The highest BCUT2D eigenvalue weighted by Crippen LogP contribution is 1.99. The largest absolute Gasteiger partial charge is 0.477 e. The van der Waals surface area contributed by atoms with Gasteiger partial charge in [-0.25, -0.2) is 9.78 Å². The summed E-state index contributed by atoms with van der Waals surface area (Å²) in [5.41, 5.74) is 0.757. The summed E-state index contributed by atoms with van der Waals surface area (Å²) in [6.07, 6.45) is 1.44. The van der Waals surface area contributed by atoms with E-state index in [0.717, 1.165) is 12.1 Å². The second kappa shape index (κ2) is 6.59. The first-order chi connectivity index (χ1) is 8.13. The Kier molecular flexibility index (Phi) is 5.09. The molecule has 1 amide bonds. The lowest BCUT2D eigenvalue weighted by molar-refractivity contribution is -0.120. The van der Waals surface area contributed by atoms with Crippen molar-refractivity contribution in [3.05, 3.63) is 29.6 Å². The molecule has 3 N–H and O–H groups in total. The molecule has 6 nitrogen and oxygen atoms in total. The normalized spacial score (nSPS) is 9.94. The molecule has 1 aromatic rings. The summed E-state index contributed by atoms with van der Waals surface area (Å²) >= 11 is 0. The Hall–Kier alpha value is -1.95. The molecular weight excluding hydrogens is 222 g/mol. The van der Waals surface area contributed by atoms with E-state index in [0.29, 0.717) is 6.54 Å². The molecule has 0 aliphatic heterocycles. The van der Waals surface area contributed by atoms with E-state index < -0.39 is 5.97 Å². The monoisotopic (exact) mass is 237 g/mol. The predicted molar refractivity (Wildman–Crippen MR) is 61.6 cm³/mol. The van der Waals surface area contributed by atoms with Crippen LogP contribution < -0.4 is 10.6 Å². The number of pyridine rings is 1. The Labute approximate surface area is 99.1 Å². The highest BCUT2D eigenvalue weighted by molar-refractivity contribution is 5.85. The highest BCUT2D eigenvalue weighted by atomic mass is 16.4. The Morgan fingerprint density at radius 2 is 2.18 bits per heavy atom. The summed E-state index contributed by atoms with van der Waals surface area (Å²) in [4.78, 5) is 25.6. The lowest BCUT2D eigenvalue weighted by Crippen LogP contribution is -2.33. The van der Waals surface area contributed by atoms with Crippen LogP contribution in [-0.4, -0.2) is 35.1 Å². The van der Waals surface area contributed by atoms with Crippen LogP contribution >= 0.6 is 0 Å². The van der Waals surface area contributed by atoms with Gasteiger partial charge in [-0.2, -0.15) is 0 Å². The highest BCUT2D eigenvalue weighted by Gasteiger charge is 2.04. The first-order valence-corrected chi connectivity index (χ1v) is 5.29. The predicted octanol–water partition coefficient (Wildman–Crippen LogP) is 0.00550. The van der Waals surface area contributed by atoms with Crippen LogP contribution in [0.4, 0.5) is 0 Å². The number of carbonyl (C=O) groups excluding carboxylic acids is 1. The van der Waals surface area contributed by atoms with Crippen molar-refractivity contribution in [3.8, 4) is 0 Å². The molecule has 0 aromatic carbocycles. The number of amides is 1. The second-order valence-electron chi connectivity index (χ2n) is 3.41. The molecule has 0 aliphatic carbocycles. The average molecular weight is 237 g/mol. The number of aromatic nitrogens is 1. The van der Waals surface area contributed by atoms with E-state index in [1.54, 1.807) is 6.07 Å². The van der Waals surface area contributed by atoms with Crippen LogP contribution in [0.5, 0.6) is 0 Å². The molecule has 1 aromatic heterocycles. The first-order valence-electron chi connectivity index (χ1n) is 5.29. The molecule has 0 atom stereocenters. The van der Waals surface area contributed by atoms with Gasteiger partial charge in [-0.3, -0.25) is 4.79 Å².